The standard InChI is InChI=1S/C40H60Si5/c1-29-25-31(3)39(32(4)26-29)35-21-17-19-23-37(35)43(13,14)45(41(7,8)9,42(10,11)12)44(15,16)38-24-20-18-22-36(38)40-33(5)27-30(2)28-34(40)6/h17-28H,1-16H3. The summed E-state index contributed by atoms with van der Waals surface area (Å²) in [5, 5.41) is 3.47. The predicted molar refractivity (Wildman–Crippen MR) is 219 cm³/mol. The first-order chi connectivity index (χ1) is 20.6. The van der Waals surface area contributed by atoms with Crippen molar-refractivity contribution in [2.24, 2.45) is 0 Å². The van der Waals surface area contributed by atoms with Crippen molar-refractivity contribution >= 4 is 46.9 Å². The Morgan fingerprint density at radius 2 is 0.644 bits per heavy atom. The van der Waals surface area contributed by atoms with Crippen LogP contribution in [0.2, 0.25) is 65.5 Å². The van der Waals surface area contributed by atoms with Crippen molar-refractivity contribution in [2.45, 2.75) is 107 Å². The van der Waals surface area contributed by atoms with Crippen molar-refractivity contribution in [1.29, 1.82) is 0 Å². The molecular formula is C40H60Si5. The fraction of sp³-hybridized carbons (Fsp3) is 0.400. The Kier molecular flexibility index (Phi) is 9.71. The van der Waals surface area contributed by atoms with Crippen molar-refractivity contribution in [2.75, 3.05) is 0 Å². The highest BCUT2D eigenvalue weighted by molar-refractivity contribution is 8.08. The van der Waals surface area contributed by atoms with Gasteiger partial charge in [0.15, 0.2) is 0 Å². The highest BCUT2D eigenvalue weighted by atomic mass is 30.2. The average Bonchev–Trinajstić information content (AvgIpc) is 2.86. The van der Waals surface area contributed by atoms with Crippen LogP contribution in [0.4, 0.5) is 0 Å². The zero-order valence-corrected chi connectivity index (χ0v) is 36.4. The van der Waals surface area contributed by atoms with Crippen LogP contribution in [-0.2, 0) is 0 Å². The van der Waals surface area contributed by atoms with E-state index in [1.54, 1.807) is 10.4 Å². The lowest BCUT2D eigenvalue weighted by molar-refractivity contribution is 1.32. The molecule has 4 rings (SSSR count). The molecule has 4 aromatic carbocycles. The van der Waals surface area contributed by atoms with Crippen LogP contribution in [0, 0.1) is 41.5 Å². The van der Waals surface area contributed by atoms with E-state index in [0.717, 1.165) is 0 Å². The molecule has 0 aliphatic rings. The molecule has 0 amide bonds. The van der Waals surface area contributed by atoms with Crippen LogP contribution in [0.3, 0.4) is 0 Å². The lowest BCUT2D eigenvalue weighted by atomic mass is 9.94. The summed E-state index contributed by atoms with van der Waals surface area (Å²) in [6, 6.07) is 29.1. The van der Waals surface area contributed by atoms with Gasteiger partial charge in [-0.15, -0.1) is 0 Å². The number of aryl methyl sites for hydroxylation is 6. The molecule has 0 aliphatic heterocycles. The Labute approximate surface area is 281 Å². The van der Waals surface area contributed by atoms with Crippen LogP contribution >= 0.6 is 0 Å². The van der Waals surface area contributed by atoms with Gasteiger partial charge in [0.05, 0.1) is 15.2 Å². The summed E-state index contributed by atoms with van der Waals surface area (Å²) in [6.45, 7) is 42.1. The van der Waals surface area contributed by atoms with E-state index in [-0.39, 0.29) is 0 Å². The monoisotopic (exact) mass is 680 g/mol. The van der Waals surface area contributed by atoms with Crippen LogP contribution in [0.1, 0.15) is 33.4 Å². The maximum atomic E-state index is 2.85. The molecule has 0 saturated heterocycles. The second kappa shape index (κ2) is 12.2. The van der Waals surface area contributed by atoms with Crippen LogP contribution in [0.25, 0.3) is 22.3 Å². The Morgan fingerprint density at radius 3 is 0.911 bits per heavy atom. The summed E-state index contributed by atoms with van der Waals surface area (Å²) in [6.07, 6.45) is -2.00. The SMILES string of the molecule is Cc1cc(C)c(-c2ccccc2[Si](C)(C)[Si]([Si](C)(C)C)([Si](C)(C)C)[Si](C)(C)c2ccccc2-c2c(C)cc(C)cc2C)c(C)c1. The maximum absolute atomic E-state index is 2.85. The second-order valence-electron chi connectivity index (χ2n) is 17.1. The van der Waals surface area contributed by atoms with Crippen LogP contribution in [-0.4, -0.2) is 36.5 Å². The Balaban J connectivity index is 2.17. The first-order valence-electron chi connectivity index (χ1n) is 17.0. The van der Waals surface area contributed by atoms with E-state index in [9.17, 15) is 0 Å². The summed E-state index contributed by atoms with van der Waals surface area (Å²) in [4.78, 5) is 0. The summed E-state index contributed by atoms with van der Waals surface area (Å²) in [7, 11) is -7.55. The minimum atomic E-state index is -2.07. The first kappa shape index (κ1) is 35.8. The summed E-state index contributed by atoms with van der Waals surface area (Å²) in [5.74, 6) is 0. The lowest BCUT2D eigenvalue weighted by Gasteiger charge is -2.65. The molecule has 0 unspecified atom stereocenters. The van der Waals surface area contributed by atoms with E-state index in [4.69, 9.17) is 0 Å². The van der Waals surface area contributed by atoms with Gasteiger partial charge < -0.3 is 0 Å². The summed E-state index contributed by atoms with van der Waals surface area (Å²) < 4.78 is 0. The molecule has 0 aliphatic carbocycles. The minimum Gasteiger partial charge on any atom is -0.0720 e. The fourth-order valence-electron chi connectivity index (χ4n) is 11.8. The molecule has 0 radical (unpaired) electrons. The largest absolute Gasteiger partial charge is 0.0720 e. The van der Waals surface area contributed by atoms with E-state index in [0.29, 0.717) is 0 Å². The first-order valence-corrected chi connectivity index (χ1v) is 36.0. The van der Waals surface area contributed by atoms with Crippen LogP contribution < -0.4 is 10.4 Å². The number of rotatable bonds is 8. The third kappa shape index (κ3) is 5.75. The molecule has 0 spiro atoms. The minimum absolute atomic E-state index is 1.36. The third-order valence-electron chi connectivity index (χ3n) is 11.2. The normalized spacial score (nSPS) is 13.3. The second-order valence-corrected chi connectivity index (χ2v) is 69.7. The molecule has 0 N–H and O–H groups in total. The van der Waals surface area contributed by atoms with Gasteiger partial charge in [0.2, 0.25) is 0 Å². The number of hydrogen-bond donors (Lipinski definition) is 0. The van der Waals surface area contributed by atoms with Gasteiger partial charge in [-0.3, -0.25) is 0 Å². The molecule has 0 fully saturated rings. The quantitative estimate of drug-likeness (QED) is 0.163. The number of benzene rings is 4. The third-order valence-corrected chi connectivity index (χ3v) is 124. The maximum Gasteiger partial charge on any atom is 0.0684 e. The average molecular weight is 681 g/mol. The van der Waals surface area contributed by atoms with E-state index in [1.807, 2.05) is 0 Å². The van der Waals surface area contributed by atoms with Crippen molar-refractivity contribution in [3.63, 3.8) is 0 Å². The van der Waals surface area contributed by atoms with E-state index in [2.05, 4.69) is 180 Å². The molecular weight excluding hydrogens is 621 g/mol. The smallest absolute Gasteiger partial charge is 0.0684 e. The van der Waals surface area contributed by atoms with Gasteiger partial charge in [-0.25, -0.2) is 0 Å². The summed E-state index contributed by atoms with van der Waals surface area (Å²) in [5.41, 5.74) is 14.4. The van der Waals surface area contributed by atoms with Gasteiger partial charge in [0.1, 0.15) is 0 Å². The van der Waals surface area contributed by atoms with E-state index < -0.39 is 36.5 Å². The zero-order valence-electron chi connectivity index (χ0n) is 31.4. The highest BCUT2D eigenvalue weighted by Gasteiger charge is 2.71. The molecule has 0 heterocycles. The fourth-order valence-corrected chi connectivity index (χ4v) is 173. The van der Waals surface area contributed by atoms with Gasteiger partial charge in [-0.1, -0.05) is 160 Å². The Bertz CT molecular complexity index is 1560. The molecule has 0 bridgehead atoms. The Hall–Kier alpha value is -2.04. The highest BCUT2D eigenvalue weighted by Crippen LogP contribution is 2.45. The molecule has 240 valence electrons. The molecule has 5 heteroatoms. The van der Waals surface area contributed by atoms with Gasteiger partial charge in [-0.05, 0) is 86.1 Å². The van der Waals surface area contributed by atoms with Crippen molar-refractivity contribution < 1.29 is 0 Å². The van der Waals surface area contributed by atoms with Gasteiger partial charge in [0.25, 0.3) is 0 Å². The van der Waals surface area contributed by atoms with E-state index in [1.165, 1.54) is 55.6 Å². The lowest BCUT2D eigenvalue weighted by Crippen LogP contribution is -2.97. The molecule has 0 atom stereocenters. The zero-order chi connectivity index (χ0) is 33.9. The topological polar surface area (TPSA) is 0 Å². The molecule has 0 aromatic heterocycles. The predicted octanol–water partition coefficient (Wildman–Crippen LogP) is 10.8. The van der Waals surface area contributed by atoms with Gasteiger partial charge >= 0.3 is 0 Å². The molecule has 45 heavy (non-hydrogen) atoms. The molecule has 0 nitrogen and oxygen atoms in total. The molecule has 0 saturated carbocycles. The van der Waals surface area contributed by atoms with Gasteiger partial charge in [0, 0.05) is 21.3 Å². The summed E-state index contributed by atoms with van der Waals surface area (Å²) >= 11 is 0. The molecule has 4 aromatic rings. The van der Waals surface area contributed by atoms with Crippen LogP contribution in [0.5, 0.6) is 0 Å². The van der Waals surface area contributed by atoms with E-state index >= 15 is 0 Å². The van der Waals surface area contributed by atoms with Crippen molar-refractivity contribution in [1.82, 2.24) is 0 Å². The number of hydrogen-bond acceptors (Lipinski definition) is 0. The van der Waals surface area contributed by atoms with Crippen molar-refractivity contribution in [3.05, 3.63) is 106 Å². The van der Waals surface area contributed by atoms with Crippen LogP contribution in [0.15, 0.2) is 72.8 Å². The van der Waals surface area contributed by atoms with Gasteiger partial charge in [-0.2, -0.15) is 0 Å². The van der Waals surface area contributed by atoms with Crippen molar-refractivity contribution in [3.8, 4) is 22.3 Å². The Morgan fingerprint density at radius 1 is 0.378 bits per heavy atom.